The Morgan fingerprint density at radius 2 is 0.706 bits per heavy atom. The van der Waals surface area contributed by atoms with Crippen LogP contribution in [0.2, 0.25) is 0 Å². The van der Waals surface area contributed by atoms with E-state index in [1.807, 2.05) is 48.6 Å². The zero-order valence-electron chi connectivity index (χ0n) is 18.6. The molecule has 0 saturated carbocycles. The number of carbonyl (C=O) groups is 4. The minimum absolute atomic E-state index is 0.118. The van der Waals surface area contributed by atoms with Gasteiger partial charge in [-0.15, -0.1) is 0 Å². The van der Waals surface area contributed by atoms with Crippen LogP contribution in [0, 0.1) is 23.7 Å². The van der Waals surface area contributed by atoms with Crippen molar-refractivity contribution in [1.82, 2.24) is 0 Å². The molecule has 2 heterocycles. The van der Waals surface area contributed by atoms with Gasteiger partial charge in [-0.25, -0.2) is 0 Å². The number of imide groups is 2. The highest BCUT2D eigenvalue weighted by Crippen LogP contribution is 2.39. The smallest absolute Gasteiger partial charge is 0.238 e. The molecule has 2 aromatic rings. The summed E-state index contributed by atoms with van der Waals surface area (Å²) in [5, 5.41) is 0. The fourth-order valence-electron chi connectivity index (χ4n) is 5.72. The van der Waals surface area contributed by atoms with Gasteiger partial charge in [0.1, 0.15) is 0 Å². The number of carbonyl (C=O) groups excluding carboxylic acids is 4. The van der Waals surface area contributed by atoms with Gasteiger partial charge in [-0.05, 0) is 61.1 Å². The van der Waals surface area contributed by atoms with Gasteiger partial charge >= 0.3 is 0 Å². The lowest BCUT2D eigenvalue weighted by Crippen LogP contribution is -2.30. The van der Waals surface area contributed by atoms with Crippen molar-refractivity contribution in [2.45, 2.75) is 25.7 Å². The maximum Gasteiger partial charge on any atom is 0.238 e. The molecule has 2 aromatic carbocycles. The molecule has 6 heteroatoms. The summed E-state index contributed by atoms with van der Waals surface area (Å²) in [6.45, 7) is 0. The summed E-state index contributed by atoms with van der Waals surface area (Å²) in [7, 11) is 0. The van der Waals surface area contributed by atoms with Crippen LogP contribution in [0.25, 0.3) is 11.1 Å². The van der Waals surface area contributed by atoms with Crippen molar-refractivity contribution in [2.24, 2.45) is 23.7 Å². The van der Waals surface area contributed by atoms with Crippen LogP contribution in [0.4, 0.5) is 11.4 Å². The monoisotopic (exact) mass is 452 g/mol. The van der Waals surface area contributed by atoms with Crippen LogP contribution in [-0.2, 0) is 19.2 Å². The number of amides is 4. The normalized spacial score (nSPS) is 28.0. The fourth-order valence-corrected chi connectivity index (χ4v) is 5.72. The van der Waals surface area contributed by atoms with Crippen LogP contribution in [0.3, 0.4) is 0 Å². The largest absolute Gasteiger partial charge is 0.274 e. The van der Waals surface area contributed by atoms with E-state index in [4.69, 9.17) is 0 Å². The van der Waals surface area contributed by atoms with Gasteiger partial charge in [0.25, 0.3) is 0 Å². The number of rotatable bonds is 3. The average molecular weight is 453 g/mol. The second-order valence-electron chi connectivity index (χ2n) is 9.43. The first-order chi connectivity index (χ1) is 16.5. The Bertz CT molecular complexity index is 1110. The highest BCUT2D eigenvalue weighted by atomic mass is 16.2. The van der Waals surface area contributed by atoms with Crippen LogP contribution < -0.4 is 9.80 Å². The topological polar surface area (TPSA) is 74.8 Å². The molecule has 6 rings (SSSR count). The van der Waals surface area contributed by atoms with Crippen molar-refractivity contribution in [3.05, 3.63) is 72.8 Å². The predicted molar refractivity (Wildman–Crippen MR) is 128 cm³/mol. The number of benzene rings is 2. The molecule has 0 radical (unpaired) electrons. The Morgan fingerprint density at radius 1 is 0.441 bits per heavy atom. The van der Waals surface area contributed by atoms with Gasteiger partial charge < -0.3 is 0 Å². The van der Waals surface area contributed by atoms with Crippen molar-refractivity contribution in [1.29, 1.82) is 0 Å². The van der Waals surface area contributed by atoms with Crippen LogP contribution in [-0.4, -0.2) is 23.6 Å². The summed E-state index contributed by atoms with van der Waals surface area (Å²) in [5.41, 5.74) is 3.03. The molecule has 2 aliphatic carbocycles. The number of fused-ring (bicyclic) bond motifs is 2. The summed E-state index contributed by atoms with van der Waals surface area (Å²) >= 11 is 0. The summed E-state index contributed by atoms with van der Waals surface area (Å²) in [6, 6.07) is 14.7. The van der Waals surface area contributed by atoms with Gasteiger partial charge in [0.05, 0.1) is 35.0 Å². The second kappa shape index (κ2) is 7.90. The molecule has 34 heavy (non-hydrogen) atoms. The molecule has 4 atom stereocenters. The molecule has 2 aliphatic heterocycles. The molecule has 170 valence electrons. The molecule has 6 nitrogen and oxygen atoms in total. The van der Waals surface area contributed by atoms with Crippen molar-refractivity contribution in [3.8, 4) is 11.1 Å². The van der Waals surface area contributed by atoms with Crippen LogP contribution in [0.1, 0.15) is 25.7 Å². The van der Waals surface area contributed by atoms with Gasteiger partial charge in [0.2, 0.25) is 23.6 Å². The van der Waals surface area contributed by atoms with E-state index in [1.165, 1.54) is 9.80 Å². The first-order valence-corrected chi connectivity index (χ1v) is 11.8. The van der Waals surface area contributed by atoms with Gasteiger partial charge in [-0.2, -0.15) is 0 Å². The molecule has 0 N–H and O–H groups in total. The number of allylic oxidation sites excluding steroid dienone is 4. The Labute approximate surface area is 197 Å². The summed E-state index contributed by atoms with van der Waals surface area (Å²) in [6.07, 6.45) is 10.4. The zero-order chi connectivity index (χ0) is 23.4. The summed E-state index contributed by atoms with van der Waals surface area (Å²) < 4.78 is 0. The van der Waals surface area contributed by atoms with Crippen LogP contribution >= 0.6 is 0 Å². The second-order valence-corrected chi connectivity index (χ2v) is 9.43. The Kier molecular flexibility index (Phi) is 4.83. The molecule has 0 spiro atoms. The molecule has 2 saturated heterocycles. The Morgan fingerprint density at radius 3 is 0.971 bits per heavy atom. The zero-order valence-corrected chi connectivity index (χ0v) is 18.6. The third-order valence-electron chi connectivity index (χ3n) is 7.60. The third kappa shape index (κ3) is 3.09. The number of anilines is 2. The fraction of sp³-hybridized carbons (Fsp3) is 0.286. The standard InChI is InChI=1S/C28H24N2O4/c31-25-21-5-1-2-6-22(21)26(32)29(25)19-13-9-17(10-14-19)18-11-15-20(16-12-18)30-27(33)23-7-3-4-8-24(23)28(30)34/h1-4,9-16,21-24H,5-8H2/t21-,22-,23-,24+/m0/s1. The quantitative estimate of drug-likeness (QED) is 0.515. The molecule has 4 aliphatic rings. The van der Waals surface area contributed by atoms with Crippen LogP contribution in [0.15, 0.2) is 72.8 Å². The van der Waals surface area contributed by atoms with E-state index in [-0.39, 0.29) is 47.3 Å². The minimum Gasteiger partial charge on any atom is -0.274 e. The van der Waals surface area contributed by atoms with E-state index in [1.54, 1.807) is 24.3 Å². The van der Waals surface area contributed by atoms with Crippen molar-refractivity contribution < 1.29 is 19.2 Å². The molecular formula is C28H24N2O4. The maximum absolute atomic E-state index is 12.8. The SMILES string of the molecule is O=C1[C@H]2CC=CC[C@@H]2C(=O)N1c1ccc(-c2ccc(N3C(=O)[C@H]4CC=CC[C@H]4C3=O)cc2)cc1. The maximum atomic E-state index is 12.8. The van der Waals surface area contributed by atoms with Crippen molar-refractivity contribution >= 4 is 35.0 Å². The van der Waals surface area contributed by atoms with E-state index in [9.17, 15) is 19.2 Å². The van der Waals surface area contributed by atoms with E-state index >= 15 is 0 Å². The van der Waals surface area contributed by atoms with Crippen molar-refractivity contribution in [2.75, 3.05) is 9.80 Å². The number of nitrogens with zero attached hydrogens (tertiary/aromatic N) is 2. The molecule has 4 amide bonds. The predicted octanol–water partition coefficient (Wildman–Crippen LogP) is 4.26. The first kappa shape index (κ1) is 20.8. The lowest BCUT2D eigenvalue weighted by molar-refractivity contribution is -0.124. The molecule has 2 fully saturated rings. The lowest BCUT2D eigenvalue weighted by Gasteiger charge is -2.16. The number of hydrogen-bond acceptors (Lipinski definition) is 4. The molecule has 0 bridgehead atoms. The molecule has 0 unspecified atom stereocenters. The van der Waals surface area contributed by atoms with E-state index in [0.717, 1.165) is 11.1 Å². The third-order valence-corrected chi connectivity index (χ3v) is 7.60. The van der Waals surface area contributed by atoms with Gasteiger partial charge in [0, 0.05) is 0 Å². The molecule has 0 aromatic heterocycles. The summed E-state index contributed by atoms with van der Waals surface area (Å²) in [5.74, 6) is -1.47. The van der Waals surface area contributed by atoms with Crippen molar-refractivity contribution in [3.63, 3.8) is 0 Å². The minimum atomic E-state index is -0.250. The van der Waals surface area contributed by atoms with E-state index in [0.29, 0.717) is 37.1 Å². The highest BCUT2D eigenvalue weighted by molar-refractivity contribution is 6.23. The van der Waals surface area contributed by atoms with E-state index in [2.05, 4.69) is 0 Å². The van der Waals surface area contributed by atoms with Crippen LogP contribution in [0.5, 0.6) is 0 Å². The average Bonchev–Trinajstić information content (AvgIpc) is 3.29. The van der Waals surface area contributed by atoms with Gasteiger partial charge in [-0.3, -0.25) is 29.0 Å². The van der Waals surface area contributed by atoms with E-state index < -0.39 is 0 Å². The Balaban J connectivity index is 1.21. The highest BCUT2D eigenvalue weighted by Gasteiger charge is 2.48. The van der Waals surface area contributed by atoms with Gasteiger partial charge in [-0.1, -0.05) is 48.6 Å². The number of hydrogen-bond donors (Lipinski definition) is 0. The first-order valence-electron chi connectivity index (χ1n) is 11.8. The lowest BCUT2D eigenvalue weighted by atomic mass is 9.85. The van der Waals surface area contributed by atoms with Gasteiger partial charge in [0.15, 0.2) is 0 Å². The Hall–Kier alpha value is -3.80. The summed E-state index contributed by atoms with van der Waals surface area (Å²) in [4.78, 5) is 53.9. The molecular weight excluding hydrogens is 428 g/mol.